The maximum atomic E-state index is 12.7. The second-order valence-corrected chi connectivity index (χ2v) is 8.71. The highest BCUT2D eigenvalue weighted by Gasteiger charge is 2.45. The Labute approximate surface area is 201 Å². The summed E-state index contributed by atoms with van der Waals surface area (Å²) in [6.07, 6.45) is 3.83. The Morgan fingerprint density at radius 1 is 1.09 bits per heavy atom. The van der Waals surface area contributed by atoms with Crippen LogP contribution in [0.4, 0.5) is 0 Å². The molecule has 0 spiro atoms. The van der Waals surface area contributed by atoms with E-state index in [4.69, 9.17) is 0 Å². The predicted molar refractivity (Wildman–Crippen MR) is 136 cm³/mol. The van der Waals surface area contributed by atoms with Crippen molar-refractivity contribution < 1.29 is 10.2 Å². The third-order valence-electron chi connectivity index (χ3n) is 6.11. The lowest BCUT2D eigenvalue weighted by Gasteiger charge is -2.39. The van der Waals surface area contributed by atoms with Crippen LogP contribution in [-0.2, 0) is 0 Å². The predicted octanol–water partition coefficient (Wildman–Crippen LogP) is 4.84. The molecule has 170 valence electrons. The first-order valence-corrected chi connectivity index (χ1v) is 11.3. The molecule has 0 aliphatic heterocycles. The van der Waals surface area contributed by atoms with Gasteiger partial charge in [0.2, 0.25) is 5.88 Å². The van der Waals surface area contributed by atoms with Gasteiger partial charge in [0.25, 0.3) is 0 Å². The van der Waals surface area contributed by atoms with Gasteiger partial charge in [0.05, 0.1) is 0 Å². The molecule has 4 nitrogen and oxygen atoms in total. The van der Waals surface area contributed by atoms with Crippen molar-refractivity contribution in [2.24, 2.45) is 0 Å². The summed E-state index contributed by atoms with van der Waals surface area (Å²) in [4.78, 5) is 6.26. The lowest BCUT2D eigenvalue weighted by atomic mass is 9.69. The molecular formula is C30H28N2O2. The van der Waals surface area contributed by atoms with E-state index >= 15 is 0 Å². The third kappa shape index (κ3) is 4.61. The van der Waals surface area contributed by atoms with Crippen LogP contribution in [0, 0.1) is 11.8 Å². The highest BCUT2D eigenvalue weighted by molar-refractivity contribution is 5.82. The van der Waals surface area contributed by atoms with Gasteiger partial charge in [0.1, 0.15) is 5.60 Å². The average Bonchev–Trinajstić information content (AvgIpc) is 2.85. The molecule has 3 aromatic rings. The van der Waals surface area contributed by atoms with Crippen LogP contribution in [0.5, 0.6) is 5.88 Å². The van der Waals surface area contributed by atoms with E-state index in [-0.39, 0.29) is 5.88 Å². The molecule has 2 unspecified atom stereocenters. The zero-order valence-corrected chi connectivity index (χ0v) is 19.7. The van der Waals surface area contributed by atoms with E-state index in [1.807, 2.05) is 85.7 Å². The van der Waals surface area contributed by atoms with Crippen LogP contribution >= 0.6 is 0 Å². The maximum absolute atomic E-state index is 12.7. The van der Waals surface area contributed by atoms with Gasteiger partial charge in [-0.05, 0) is 56.3 Å². The van der Waals surface area contributed by atoms with Gasteiger partial charge >= 0.3 is 0 Å². The minimum atomic E-state index is -1.42. The number of aromatic hydroxyl groups is 1. The summed E-state index contributed by atoms with van der Waals surface area (Å²) in [5, 5.41) is 23.6. The van der Waals surface area contributed by atoms with Crippen LogP contribution in [0.25, 0.3) is 11.6 Å². The molecule has 2 N–H and O–H groups in total. The van der Waals surface area contributed by atoms with Gasteiger partial charge < -0.3 is 15.1 Å². The second-order valence-electron chi connectivity index (χ2n) is 8.71. The maximum Gasteiger partial charge on any atom is 0.214 e. The first-order valence-electron chi connectivity index (χ1n) is 11.3. The van der Waals surface area contributed by atoms with E-state index in [1.165, 1.54) is 0 Å². The first-order chi connectivity index (χ1) is 16.4. The molecule has 2 atom stereocenters. The number of aliphatic hydroxyl groups is 1. The standard InChI is InChI=1S/C30H28N2O2/c1-4-11-22-20-26(29(33)31-21-22)28(24-13-6-5-7-14-24)30(34,18-19-32(2)3)27-17-10-15-23-12-8-9-16-25(23)27/h5-9,12-16,20-21,28,34H,18-19H2,1-3H3,(H,31,33). The van der Waals surface area contributed by atoms with Gasteiger partial charge in [-0.15, -0.1) is 5.92 Å². The van der Waals surface area contributed by atoms with Crippen LogP contribution in [0.1, 0.15) is 47.1 Å². The number of rotatable bonds is 7. The zero-order chi connectivity index (χ0) is 24.1. The van der Waals surface area contributed by atoms with Gasteiger partial charge in [0.15, 0.2) is 0 Å². The molecule has 34 heavy (non-hydrogen) atoms. The van der Waals surface area contributed by atoms with E-state index in [1.54, 1.807) is 13.1 Å². The number of fused-ring (bicyclic) bond motifs is 1. The van der Waals surface area contributed by atoms with E-state index in [2.05, 4.69) is 28.3 Å². The van der Waals surface area contributed by atoms with E-state index in [0.29, 0.717) is 29.7 Å². The Hall–Kier alpha value is -3.83. The molecule has 1 heterocycles. The molecule has 4 heteroatoms. The summed E-state index contributed by atoms with van der Waals surface area (Å²) in [5.41, 5.74) is 9.51. The highest BCUT2D eigenvalue weighted by Crippen LogP contribution is 2.48. The minimum absolute atomic E-state index is 0.122. The number of aromatic nitrogens is 1. The Kier molecular flexibility index (Phi) is 6.85. The Balaban J connectivity index is 2.01. The van der Waals surface area contributed by atoms with Crippen LogP contribution in [0.2, 0.25) is 0 Å². The van der Waals surface area contributed by atoms with Crippen molar-refractivity contribution in [2.45, 2.75) is 24.9 Å². The molecule has 0 fully saturated rings. The topological polar surface area (TPSA) is 56.6 Å². The van der Waals surface area contributed by atoms with Crippen molar-refractivity contribution in [1.82, 2.24) is 9.88 Å². The summed E-state index contributed by atoms with van der Waals surface area (Å²) in [6, 6.07) is 19.5. The highest BCUT2D eigenvalue weighted by atomic mass is 16.3. The SMILES string of the molecule is CC#Cc1cnc(O)c(C(c2ccccc2)C(O)(CCN(C)C)C2=C=C=Cc3ccccc32)c1. The molecule has 0 amide bonds. The quantitative estimate of drug-likeness (QED) is 0.401. The minimum Gasteiger partial charge on any atom is -0.493 e. The van der Waals surface area contributed by atoms with Crippen LogP contribution in [-0.4, -0.2) is 46.3 Å². The van der Waals surface area contributed by atoms with Crippen molar-refractivity contribution in [2.75, 3.05) is 20.6 Å². The third-order valence-corrected chi connectivity index (χ3v) is 6.11. The van der Waals surface area contributed by atoms with Gasteiger partial charge in [0, 0.05) is 35.4 Å². The molecule has 1 aromatic heterocycles. The van der Waals surface area contributed by atoms with Crippen LogP contribution < -0.4 is 0 Å². The molecular weight excluding hydrogens is 420 g/mol. The van der Waals surface area contributed by atoms with Gasteiger partial charge in [-0.2, -0.15) is 0 Å². The molecule has 1 aliphatic rings. The van der Waals surface area contributed by atoms with E-state index < -0.39 is 11.5 Å². The fraction of sp³-hybridized carbons (Fsp3) is 0.233. The van der Waals surface area contributed by atoms with Crippen molar-refractivity contribution in [3.63, 3.8) is 0 Å². The number of pyridine rings is 1. The van der Waals surface area contributed by atoms with Gasteiger partial charge in [-0.3, -0.25) is 0 Å². The van der Waals surface area contributed by atoms with Crippen molar-refractivity contribution in [3.8, 4) is 17.7 Å². The fourth-order valence-corrected chi connectivity index (χ4v) is 4.51. The Morgan fingerprint density at radius 2 is 1.82 bits per heavy atom. The van der Waals surface area contributed by atoms with E-state index in [0.717, 1.165) is 16.7 Å². The number of benzene rings is 2. The van der Waals surface area contributed by atoms with Crippen molar-refractivity contribution >= 4 is 11.6 Å². The Morgan fingerprint density at radius 3 is 2.56 bits per heavy atom. The van der Waals surface area contributed by atoms with Crippen molar-refractivity contribution in [3.05, 3.63) is 106 Å². The normalized spacial score (nSPS) is 14.6. The summed E-state index contributed by atoms with van der Waals surface area (Å²) >= 11 is 0. The largest absolute Gasteiger partial charge is 0.493 e. The lowest BCUT2D eigenvalue weighted by Crippen LogP contribution is -2.41. The average molecular weight is 449 g/mol. The molecule has 1 aliphatic carbocycles. The van der Waals surface area contributed by atoms with Crippen LogP contribution in [0.3, 0.4) is 0 Å². The molecule has 2 aromatic carbocycles. The number of hydrogen-bond donors (Lipinski definition) is 2. The number of nitrogens with zero attached hydrogens (tertiary/aromatic N) is 2. The second kappa shape index (κ2) is 9.98. The summed E-state index contributed by atoms with van der Waals surface area (Å²) < 4.78 is 0. The van der Waals surface area contributed by atoms with Crippen molar-refractivity contribution in [1.29, 1.82) is 0 Å². The smallest absolute Gasteiger partial charge is 0.214 e. The van der Waals surface area contributed by atoms with Gasteiger partial charge in [-0.1, -0.05) is 72.0 Å². The molecule has 0 bridgehead atoms. The summed E-state index contributed by atoms with van der Waals surface area (Å²) in [6.45, 7) is 2.38. The molecule has 4 rings (SSSR count). The van der Waals surface area contributed by atoms with Crippen LogP contribution in [0.15, 0.2) is 78.3 Å². The Bertz CT molecular complexity index is 1350. The first kappa shape index (κ1) is 23.3. The molecule has 0 saturated heterocycles. The van der Waals surface area contributed by atoms with Gasteiger partial charge in [-0.25, -0.2) is 4.98 Å². The fourth-order valence-electron chi connectivity index (χ4n) is 4.51. The summed E-state index contributed by atoms with van der Waals surface area (Å²) in [7, 11) is 3.96. The zero-order valence-electron chi connectivity index (χ0n) is 19.7. The molecule has 0 radical (unpaired) electrons. The monoisotopic (exact) mass is 448 g/mol. The van der Waals surface area contributed by atoms with E-state index in [9.17, 15) is 10.2 Å². The molecule has 0 saturated carbocycles. The summed E-state index contributed by atoms with van der Waals surface area (Å²) in [5.74, 6) is 5.18. The lowest BCUT2D eigenvalue weighted by molar-refractivity contribution is 0.0659. The number of hydrogen-bond acceptors (Lipinski definition) is 4.